The molecule has 0 saturated heterocycles. The maximum absolute atomic E-state index is 12.3. The van der Waals surface area contributed by atoms with Crippen molar-refractivity contribution in [3.8, 4) is 5.75 Å². The monoisotopic (exact) mass is 282 g/mol. The fourth-order valence-electron chi connectivity index (χ4n) is 1.58. The molecule has 0 bridgehead atoms. The topological polar surface area (TPSA) is 96.8 Å². The number of hydrogen-bond acceptors (Lipinski definition) is 5. The lowest BCUT2D eigenvalue weighted by Gasteiger charge is -2.16. The number of phenolic OH excluding ortho intramolecular Hbond substituents is 1. The number of hydrogen-bond donors (Lipinski definition) is 2. The van der Waals surface area contributed by atoms with Gasteiger partial charge in [0.15, 0.2) is 0 Å². The maximum Gasteiger partial charge on any atom is 0.243 e. The van der Waals surface area contributed by atoms with E-state index in [1.165, 1.54) is 31.5 Å². The molecule has 0 spiro atoms. The number of sulfonamides is 1. The van der Waals surface area contributed by atoms with Crippen LogP contribution in [0.2, 0.25) is 0 Å². The van der Waals surface area contributed by atoms with Crippen molar-refractivity contribution < 1.29 is 17.9 Å². The highest BCUT2D eigenvalue weighted by molar-refractivity contribution is 7.89. The van der Waals surface area contributed by atoms with Gasteiger partial charge < -0.3 is 15.3 Å². The van der Waals surface area contributed by atoms with Gasteiger partial charge >= 0.3 is 0 Å². The van der Waals surface area contributed by atoms with Gasteiger partial charge in [0.25, 0.3) is 0 Å². The molecule has 0 amide bonds. The third-order valence-electron chi connectivity index (χ3n) is 2.67. The fourth-order valence-corrected chi connectivity index (χ4v) is 2.75. The van der Waals surface area contributed by atoms with Crippen molar-refractivity contribution in [3.63, 3.8) is 0 Å². The van der Waals surface area contributed by atoms with Crippen LogP contribution in [0, 0.1) is 0 Å². The number of benzene rings is 1. The van der Waals surface area contributed by atoms with Gasteiger partial charge in [0.1, 0.15) is 11.5 Å². The number of nitrogens with zero attached hydrogens (tertiary/aromatic N) is 1. The Morgan fingerprint density at radius 2 is 2.11 bits per heavy atom. The molecule has 0 radical (unpaired) electrons. The molecule has 6 nitrogen and oxygen atoms in total. The van der Waals surface area contributed by atoms with Crippen LogP contribution in [0.3, 0.4) is 0 Å². The van der Waals surface area contributed by atoms with E-state index in [9.17, 15) is 13.5 Å². The van der Waals surface area contributed by atoms with Crippen molar-refractivity contribution in [2.45, 2.75) is 11.4 Å². The van der Waals surface area contributed by atoms with Crippen LogP contribution in [0.25, 0.3) is 0 Å². The Kier molecular flexibility index (Phi) is 3.50. The zero-order chi connectivity index (χ0) is 14.0. The first-order chi connectivity index (χ1) is 8.91. The fraction of sp³-hybridized carbons (Fsp3) is 0.167. The van der Waals surface area contributed by atoms with E-state index < -0.39 is 10.0 Å². The van der Waals surface area contributed by atoms with Crippen molar-refractivity contribution in [2.75, 3.05) is 12.8 Å². The van der Waals surface area contributed by atoms with Crippen molar-refractivity contribution >= 4 is 15.7 Å². The summed E-state index contributed by atoms with van der Waals surface area (Å²) in [7, 11) is -2.23. The molecule has 0 aliphatic carbocycles. The van der Waals surface area contributed by atoms with Gasteiger partial charge in [0.05, 0.1) is 23.4 Å². The van der Waals surface area contributed by atoms with Crippen molar-refractivity contribution in [1.82, 2.24) is 4.31 Å². The van der Waals surface area contributed by atoms with Gasteiger partial charge in [0, 0.05) is 7.05 Å². The second-order valence-electron chi connectivity index (χ2n) is 4.06. The summed E-state index contributed by atoms with van der Waals surface area (Å²) in [6.45, 7) is 0.121. The molecule has 0 atom stereocenters. The lowest BCUT2D eigenvalue weighted by atomic mass is 10.3. The molecule has 1 aromatic heterocycles. The second-order valence-corrected chi connectivity index (χ2v) is 6.11. The van der Waals surface area contributed by atoms with Crippen LogP contribution in [0.5, 0.6) is 5.75 Å². The normalized spacial score (nSPS) is 11.9. The highest BCUT2D eigenvalue weighted by Crippen LogP contribution is 2.25. The largest absolute Gasteiger partial charge is 0.506 e. The van der Waals surface area contributed by atoms with Crippen LogP contribution in [0.15, 0.2) is 45.9 Å². The van der Waals surface area contributed by atoms with E-state index in [-0.39, 0.29) is 22.9 Å². The van der Waals surface area contributed by atoms with E-state index >= 15 is 0 Å². The van der Waals surface area contributed by atoms with Gasteiger partial charge in [-0.3, -0.25) is 0 Å². The first-order valence-corrected chi connectivity index (χ1v) is 6.92. The summed E-state index contributed by atoms with van der Waals surface area (Å²) >= 11 is 0. The molecule has 1 heterocycles. The molecule has 0 fully saturated rings. The zero-order valence-electron chi connectivity index (χ0n) is 10.3. The van der Waals surface area contributed by atoms with Gasteiger partial charge in [-0.25, -0.2) is 8.42 Å². The number of nitrogen functional groups attached to an aromatic ring is 1. The number of anilines is 1. The molecule has 0 aliphatic heterocycles. The first-order valence-electron chi connectivity index (χ1n) is 5.48. The number of aromatic hydroxyl groups is 1. The van der Waals surface area contributed by atoms with E-state index in [1.54, 1.807) is 12.1 Å². The summed E-state index contributed by atoms with van der Waals surface area (Å²) in [4.78, 5) is 0.0249. The van der Waals surface area contributed by atoms with E-state index in [4.69, 9.17) is 10.2 Å². The number of rotatable bonds is 4. The molecule has 3 N–H and O–H groups in total. The summed E-state index contributed by atoms with van der Waals surface area (Å²) in [6.07, 6.45) is 1.48. The second kappa shape index (κ2) is 4.94. The minimum Gasteiger partial charge on any atom is -0.506 e. The smallest absolute Gasteiger partial charge is 0.243 e. The van der Waals surface area contributed by atoms with Gasteiger partial charge in [-0.15, -0.1) is 0 Å². The minimum absolute atomic E-state index is 0.0208. The van der Waals surface area contributed by atoms with Gasteiger partial charge in [-0.1, -0.05) is 0 Å². The third-order valence-corrected chi connectivity index (χ3v) is 4.47. The molecule has 2 aromatic rings. The van der Waals surface area contributed by atoms with Crippen LogP contribution in [0.1, 0.15) is 5.76 Å². The standard InChI is InChI=1S/C12H14N2O4S/c1-14(8-9-3-2-6-18-9)19(16,17)10-4-5-12(15)11(13)7-10/h2-7,15H,8,13H2,1H3. The molecule has 2 rings (SSSR count). The zero-order valence-corrected chi connectivity index (χ0v) is 11.1. The Morgan fingerprint density at radius 1 is 1.37 bits per heavy atom. The van der Waals surface area contributed by atoms with E-state index in [2.05, 4.69) is 0 Å². The summed E-state index contributed by atoms with van der Waals surface area (Å²) in [5, 5.41) is 9.31. The van der Waals surface area contributed by atoms with E-state index in [0.29, 0.717) is 5.76 Å². The van der Waals surface area contributed by atoms with Crippen LogP contribution in [-0.2, 0) is 16.6 Å². The quantitative estimate of drug-likeness (QED) is 0.652. The lowest BCUT2D eigenvalue weighted by Crippen LogP contribution is -2.26. The molecule has 102 valence electrons. The molecule has 0 aliphatic rings. The minimum atomic E-state index is -3.67. The van der Waals surface area contributed by atoms with Gasteiger partial charge in [-0.2, -0.15) is 4.31 Å². The van der Waals surface area contributed by atoms with E-state index in [1.807, 2.05) is 0 Å². The molecule has 0 saturated carbocycles. The Labute approximate surface area is 111 Å². The average Bonchev–Trinajstić information content (AvgIpc) is 2.85. The van der Waals surface area contributed by atoms with E-state index in [0.717, 1.165) is 4.31 Å². The highest BCUT2D eigenvalue weighted by atomic mass is 32.2. The summed E-state index contributed by atoms with van der Waals surface area (Å²) in [5.41, 5.74) is 5.52. The molecule has 7 heteroatoms. The average molecular weight is 282 g/mol. The van der Waals surface area contributed by atoms with Gasteiger partial charge in [-0.05, 0) is 30.3 Å². The van der Waals surface area contributed by atoms with Crippen molar-refractivity contribution in [3.05, 3.63) is 42.4 Å². The number of phenols is 1. The first kappa shape index (κ1) is 13.4. The number of nitrogens with two attached hydrogens (primary N) is 1. The number of furan rings is 1. The molecular formula is C12H14N2O4S. The molecule has 19 heavy (non-hydrogen) atoms. The summed E-state index contributed by atoms with van der Waals surface area (Å²) in [5.74, 6) is 0.394. The lowest BCUT2D eigenvalue weighted by molar-refractivity contribution is 0.406. The summed E-state index contributed by atoms with van der Waals surface area (Å²) < 4.78 is 30.8. The maximum atomic E-state index is 12.3. The van der Waals surface area contributed by atoms with Crippen molar-refractivity contribution in [2.24, 2.45) is 0 Å². The molecule has 1 aromatic carbocycles. The van der Waals surface area contributed by atoms with Crippen LogP contribution >= 0.6 is 0 Å². The Morgan fingerprint density at radius 3 is 2.68 bits per heavy atom. The predicted molar refractivity (Wildman–Crippen MR) is 69.9 cm³/mol. The van der Waals surface area contributed by atoms with Crippen LogP contribution < -0.4 is 5.73 Å². The predicted octanol–water partition coefficient (Wildman–Crippen LogP) is 1.39. The third kappa shape index (κ3) is 2.72. The van der Waals surface area contributed by atoms with Crippen LogP contribution in [0.4, 0.5) is 5.69 Å². The SMILES string of the molecule is CN(Cc1ccco1)S(=O)(=O)c1ccc(O)c(N)c1. The van der Waals surface area contributed by atoms with Crippen LogP contribution in [-0.4, -0.2) is 24.9 Å². The van der Waals surface area contributed by atoms with Gasteiger partial charge in [0.2, 0.25) is 10.0 Å². The molecule has 0 unspecified atom stereocenters. The Bertz CT molecular complexity index is 665. The highest BCUT2D eigenvalue weighted by Gasteiger charge is 2.22. The summed E-state index contributed by atoms with van der Waals surface area (Å²) in [6, 6.07) is 7.16. The molecular weight excluding hydrogens is 268 g/mol. The Balaban J connectivity index is 2.28. The van der Waals surface area contributed by atoms with Crippen molar-refractivity contribution in [1.29, 1.82) is 0 Å². The Hall–Kier alpha value is -1.99.